The van der Waals surface area contributed by atoms with Crippen LogP contribution in [-0.4, -0.2) is 40.4 Å². The Bertz CT molecular complexity index is 1040. The van der Waals surface area contributed by atoms with Crippen LogP contribution in [0.15, 0.2) is 17.0 Å². The monoisotopic (exact) mass is 400 g/mol. The first kappa shape index (κ1) is 20.0. The van der Waals surface area contributed by atoms with Crippen LogP contribution in [0.4, 0.5) is 5.69 Å². The van der Waals surface area contributed by atoms with Gasteiger partial charge in [0.2, 0.25) is 0 Å². The predicted molar refractivity (Wildman–Crippen MR) is 112 cm³/mol. The summed E-state index contributed by atoms with van der Waals surface area (Å²) in [4.78, 5) is 28.9. The molecule has 2 amide bonds. The summed E-state index contributed by atoms with van der Waals surface area (Å²) in [6.45, 7) is 6.28. The molecule has 8 heteroatoms. The van der Waals surface area contributed by atoms with Crippen LogP contribution in [0.1, 0.15) is 38.4 Å². The minimum Gasteiger partial charge on any atom is -0.358 e. The standard InChI is InChI=1S/C20H24N4O3S/c1-10-15(23-12(3)17(10)20(26)22-8-7-21)9-13-18-11(2)16(28(4)27)6-5-14(18)24-19(13)25/h5-6,9,23H,7-8,21H2,1-4H3,(H,22,26)(H,24,25)/b13-9-. The van der Waals surface area contributed by atoms with Crippen molar-refractivity contribution in [2.75, 3.05) is 24.7 Å². The van der Waals surface area contributed by atoms with Crippen molar-refractivity contribution in [3.8, 4) is 0 Å². The lowest BCUT2D eigenvalue weighted by atomic mass is 9.99. The molecule has 2 heterocycles. The molecule has 5 N–H and O–H groups in total. The number of rotatable bonds is 5. The Morgan fingerprint density at radius 2 is 1.96 bits per heavy atom. The maximum Gasteiger partial charge on any atom is 0.256 e. The number of hydrogen-bond acceptors (Lipinski definition) is 4. The van der Waals surface area contributed by atoms with Crippen molar-refractivity contribution >= 4 is 40.0 Å². The molecule has 1 aliphatic rings. The van der Waals surface area contributed by atoms with Gasteiger partial charge in [0.05, 0.1) is 21.9 Å². The van der Waals surface area contributed by atoms with E-state index in [2.05, 4.69) is 15.6 Å². The smallest absolute Gasteiger partial charge is 0.256 e. The Hall–Kier alpha value is -2.71. The third kappa shape index (κ3) is 3.41. The summed E-state index contributed by atoms with van der Waals surface area (Å²) >= 11 is 0. The maximum absolute atomic E-state index is 12.6. The Morgan fingerprint density at radius 3 is 2.61 bits per heavy atom. The van der Waals surface area contributed by atoms with Gasteiger partial charge in [-0.2, -0.15) is 0 Å². The number of benzene rings is 1. The van der Waals surface area contributed by atoms with E-state index >= 15 is 0 Å². The fourth-order valence-electron chi connectivity index (χ4n) is 3.57. The van der Waals surface area contributed by atoms with E-state index in [9.17, 15) is 13.8 Å². The molecule has 2 aromatic rings. The number of nitrogens with two attached hydrogens (primary N) is 1. The summed E-state index contributed by atoms with van der Waals surface area (Å²) in [6.07, 6.45) is 3.37. The Balaban J connectivity index is 2.09. The molecule has 148 valence electrons. The summed E-state index contributed by atoms with van der Waals surface area (Å²) < 4.78 is 12.0. The molecule has 1 atom stereocenters. The van der Waals surface area contributed by atoms with E-state index in [0.29, 0.717) is 40.5 Å². The highest BCUT2D eigenvalue weighted by molar-refractivity contribution is 7.84. The van der Waals surface area contributed by atoms with Gasteiger partial charge in [-0.05, 0) is 50.1 Å². The lowest BCUT2D eigenvalue weighted by Gasteiger charge is -2.08. The number of anilines is 1. The topological polar surface area (TPSA) is 117 Å². The van der Waals surface area contributed by atoms with Crippen LogP contribution in [0, 0.1) is 20.8 Å². The van der Waals surface area contributed by atoms with Crippen molar-refractivity contribution in [2.24, 2.45) is 5.73 Å². The highest BCUT2D eigenvalue weighted by atomic mass is 32.2. The first-order chi connectivity index (χ1) is 13.3. The third-order valence-electron chi connectivity index (χ3n) is 4.91. The van der Waals surface area contributed by atoms with Crippen LogP contribution >= 0.6 is 0 Å². The van der Waals surface area contributed by atoms with E-state index in [-0.39, 0.29) is 11.8 Å². The number of amides is 2. The Kier molecular flexibility index (Phi) is 5.53. The van der Waals surface area contributed by atoms with Gasteiger partial charge in [-0.1, -0.05) is 0 Å². The average Bonchev–Trinajstić information content (AvgIpc) is 3.09. The van der Waals surface area contributed by atoms with E-state index in [1.165, 1.54) is 0 Å². The molecule has 1 aliphatic heterocycles. The zero-order chi connectivity index (χ0) is 20.6. The minimum absolute atomic E-state index is 0.197. The fourth-order valence-corrected chi connectivity index (χ4v) is 4.37. The summed E-state index contributed by atoms with van der Waals surface area (Å²) in [7, 11) is -1.16. The van der Waals surface area contributed by atoms with E-state index in [1.807, 2.05) is 20.8 Å². The molecule has 0 bridgehead atoms. The van der Waals surface area contributed by atoms with Crippen LogP contribution < -0.4 is 16.4 Å². The first-order valence-corrected chi connectivity index (χ1v) is 10.5. The van der Waals surface area contributed by atoms with Crippen molar-refractivity contribution < 1.29 is 13.8 Å². The number of aromatic amines is 1. The summed E-state index contributed by atoms with van der Waals surface area (Å²) in [5, 5.41) is 5.63. The highest BCUT2D eigenvalue weighted by Gasteiger charge is 2.28. The molecule has 1 aromatic heterocycles. The Morgan fingerprint density at radius 1 is 1.25 bits per heavy atom. The van der Waals surface area contributed by atoms with Gasteiger partial charge in [-0.25, -0.2) is 0 Å². The number of nitrogens with one attached hydrogen (secondary N) is 3. The van der Waals surface area contributed by atoms with Gasteiger partial charge < -0.3 is 21.4 Å². The molecular weight excluding hydrogens is 376 g/mol. The van der Waals surface area contributed by atoms with Crippen molar-refractivity contribution in [1.29, 1.82) is 0 Å². The number of carbonyl (C=O) groups excluding carboxylic acids is 2. The van der Waals surface area contributed by atoms with Gasteiger partial charge in [0, 0.05) is 46.9 Å². The van der Waals surface area contributed by atoms with Gasteiger partial charge in [0.15, 0.2) is 0 Å². The minimum atomic E-state index is -1.16. The van der Waals surface area contributed by atoms with E-state index in [4.69, 9.17) is 5.73 Å². The van der Waals surface area contributed by atoms with Gasteiger partial charge in [-0.15, -0.1) is 0 Å². The first-order valence-electron chi connectivity index (χ1n) is 8.94. The second-order valence-corrected chi connectivity index (χ2v) is 8.13. The fraction of sp³-hybridized carbons (Fsp3) is 0.300. The van der Waals surface area contributed by atoms with E-state index in [0.717, 1.165) is 22.4 Å². The summed E-state index contributed by atoms with van der Waals surface area (Å²) in [5.74, 6) is -0.421. The number of aryl methyl sites for hydroxylation is 1. The van der Waals surface area contributed by atoms with Crippen LogP contribution in [0.25, 0.3) is 11.6 Å². The number of aromatic nitrogens is 1. The lowest BCUT2D eigenvalue weighted by molar-refractivity contribution is -0.110. The SMILES string of the molecule is Cc1[nH]c(/C=C2\C(=O)Nc3ccc(S(C)=O)c(C)c32)c(C)c1C(=O)NCCN. The molecule has 0 saturated heterocycles. The molecule has 0 radical (unpaired) electrons. The number of carbonyl (C=O) groups is 2. The molecule has 1 aromatic carbocycles. The molecular formula is C20H24N4O3S. The second-order valence-electron chi connectivity index (χ2n) is 6.79. The molecule has 1 unspecified atom stereocenters. The summed E-state index contributed by atoms with van der Waals surface area (Å²) in [6, 6.07) is 3.55. The van der Waals surface area contributed by atoms with E-state index in [1.54, 1.807) is 24.5 Å². The molecule has 0 aliphatic carbocycles. The maximum atomic E-state index is 12.6. The van der Waals surface area contributed by atoms with Gasteiger partial charge >= 0.3 is 0 Å². The quantitative estimate of drug-likeness (QED) is 0.573. The van der Waals surface area contributed by atoms with Gasteiger partial charge in [0.25, 0.3) is 11.8 Å². The van der Waals surface area contributed by atoms with Gasteiger partial charge in [-0.3, -0.25) is 13.8 Å². The highest BCUT2D eigenvalue weighted by Crippen LogP contribution is 2.38. The number of hydrogen-bond donors (Lipinski definition) is 4. The van der Waals surface area contributed by atoms with Crippen molar-refractivity contribution in [2.45, 2.75) is 25.7 Å². The lowest BCUT2D eigenvalue weighted by Crippen LogP contribution is -2.29. The normalized spacial score (nSPS) is 15.5. The molecule has 28 heavy (non-hydrogen) atoms. The molecule has 3 rings (SSSR count). The molecule has 0 fully saturated rings. The van der Waals surface area contributed by atoms with Crippen molar-refractivity contribution in [1.82, 2.24) is 10.3 Å². The van der Waals surface area contributed by atoms with Crippen molar-refractivity contribution in [3.63, 3.8) is 0 Å². The summed E-state index contributed by atoms with van der Waals surface area (Å²) in [5.41, 5.74) is 10.9. The van der Waals surface area contributed by atoms with Gasteiger partial charge in [0.1, 0.15) is 0 Å². The Labute approximate surface area is 166 Å². The van der Waals surface area contributed by atoms with Crippen LogP contribution in [-0.2, 0) is 15.6 Å². The number of fused-ring (bicyclic) bond motifs is 1. The van der Waals surface area contributed by atoms with Crippen LogP contribution in [0.5, 0.6) is 0 Å². The zero-order valence-electron chi connectivity index (χ0n) is 16.4. The third-order valence-corrected chi connectivity index (χ3v) is 5.97. The van der Waals surface area contributed by atoms with Crippen LogP contribution in [0.3, 0.4) is 0 Å². The molecule has 0 spiro atoms. The van der Waals surface area contributed by atoms with Crippen LogP contribution in [0.2, 0.25) is 0 Å². The second kappa shape index (κ2) is 7.73. The molecule has 0 saturated carbocycles. The zero-order valence-corrected chi connectivity index (χ0v) is 17.2. The predicted octanol–water partition coefficient (Wildman–Crippen LogP) is 1.86. The number of H-pyrrole nitrogens is 1. The van der Waals surface area contributed by atoms with E-state index < -0.39 is 10.8 Å². The molecule has 7 nitrogen and oxygen atoms in total. The average molecular weight is 401 g/mol. The largest absolute Gasteiger partial charge is 0.358 e. The van der Waals surface area contributed by atoms with Crippen molar-refractivity contribution in [3.05, 3.63) is 45.8 Å².